The summed E-state index contributed by atoms with van der Waals surface area (Å²) in [6.45, 7) is 2.31. The van der Waals surface area contributed by atoms with Crippen LogP contribution in [0.1, 0.15) is 18.4 Å². The van der Waals surface area contributed by atoms with Crippen LogP contribution in [0.3, 0.4) is 0 Å². The molecule has 1 unspecified atom stereocenters. The van der Waals surface area contributed by atoms with Crippen molar-refractivity contribution in [1.29, 1.82) is 0 Å². The maximum atomic E-state index is 13.9. The lowest BCUT2D eigenvalue weighted by atomic mass is 10.1. The van der Waals surface area contributed by atoms with Gasteiger partial charge in [-0.1, -0.05) is 0 Å². The Morgan fingerprint density at radius 1 is 1.55 bits per heavy atom. The summed E-state index contributed by atoms with van der Waals surface area (Å²) in [6, 6.07) is -0.0625. The maximum Gasteiger partial charge on any atom is 0.323 e. The van der Waals surface area contributed by atoms with Crippen LogP contribution in [-0.4, -0.2) is 70.5 Å². The van der Waals surface area contributed by atoms with Crippen LogP contribution in [-0.2, 0) is 23.1 Å². The first-order chi connectivity index (χ1) is 10.5. The lowest BCUT2D eigenvalue weighted by molar-refractivity contribution is -0.142. The van der Waals surface area contributed by atoms with Crippen LogP contribution in [0.15, 0.2) is 12.4 Å². The second-order valence-electron chi connectivity index (χ2n) is 6.35. The number of aromatic nitrogens is 2. The van der Waals surface area contributed by atoms with Crippen molar-refractivity contribution >= 4 is 5.97 Å². The molecule has 0 amide bonds. The molecule has 3 heterocycles. The van der Waals surface area contributed by atoms with E-state index < -0.39 is 6.17 Å². The lowest BCUT2D eigenvalue weighted by Crippen LogP contribution is -2.44. The van der Waals surface area contributed by atoms with Gasteiger partial charge in [0.2, 0.25) is 0 Å². The molecular weight excluding hydrogens is 287 g/mol. The number of esters is 1. The number of alkyl halides is 1. The van der Waals surface area contributed by atoms with E-state index in [0.29, 0.717) is 32.7 Å². The second-order valence-corrected chi connectivity index (χ2v) is 6.35. The van der Waals surface area contributed by atoms with E-state index in [1.165, 1.54) is 0 Å². The fourth-order valence-electron chi connectivity index (χ4n) is 3.44. The molecule has 0 N–H and O–H groups in total. The van der Waals surface area contributed by atoms with E-state index >= 15 is 0 Å². The third kappa shape index (κ3) is 3.30. The first-order valence-electron chi connectivity index (χ1n) is 7.75. The molecule has 0 aliphatic carbocycles. The number of rotatable bonds is 5. The van der Waals surface area contributed by atoms with Crippen LogP contribution in [0.25, 0.3) is 0 Å². The minimum absolute atomic E-state index is 0.119. The lowest BCUT2D eigenvalue weighted by Gasteiger charge is -2.29. The molecular formula is C15H23FN4O2. The minimum Gasteiger partial charge on any atom is -0.464 e. The highest BCUT2D eigenvalue weighted by atomic mass is 19.1. The average molecular weight is 310 g/mol. The van der Waals surface area contributed by atoms with E-state index in [4.69, 9.17) is 4.74 Å². The molecule has 0 radical (unpaired) electrons. The second kappa shape index (κ2) is 6.34. The van der Waals surface area contributed by atoms with Crippen molar-refractivity contribution in [2.75, 3.05) is 26.7 Å². The largest absolute Gasteiger partial charge is 0.464 e. The van der Waals surface area contributed by atoms with Gasteiger partial charge in [0.25, 0.3) is 0 Å². The van der Waals surface area contributed by atoms with Crippen molar-refractivity contribution in [3.8, 4) is 0 Å². The Morgan fingerprint density at radius 2 is 2.36 bits per heavy atom. The Labute approximate surface area is 129 Å². The van der Waals surface area contributed by atoms with Gasteiger partial charge in [-0.15, -0.1) is 0 Å². The number of likely N-dealkylation sites (N-methyl/N-ethyl adjacent to an activating group) is 1. The van der Waals surface area contributed by atoms with Crippen molar-refractivity contribution in [1.82, 2.24) is 19.6 Å². The first-order valence-corrected chi connectivity index (χ1v) is 7.75. The van der Waals surface area contributed by atoms with Gasteiger partial charge in [0, 0.05) is 50.9 Å². The van der Waals surface area contributed by atoms with E-state index in [0.717, 1.165) is 12.0 Å². The predicted molar refractivity (Wildman–Crippen MR) is 78.9 cm³/mol. The number of ether oxygens (including phenoxy) is 1. The van der Waals surface area contributed by atoms with Crippen LogP contribution < -0.4 is 0 Å². The molecule has 1 aromatic heterocycles. The van der Waals surface area contributed by atoms with Crippen molar-refractivity contribution in [3.05, 3.63) is 18.0 Å². The molecule has 122 valence electrons. The fraction of sp³-hybridized carbons (Fsp3) is 0.733. The number of nitrogens with zero attached hydrogens (tertiary/aromatic N) is 4. The molecule has 0 saturated carbocycles. The number of cyclic esters (lactones) is 1. The summed E-state index contributed by atoms with van der Waals surface area (Å²) in [6.07, 6.45) is 4.22. The molecule has 2 aliphatic heterocycles. The third-order valence-electron chi connectivity index (χ3n) is 4.56. The number of carbonyl (C=O) groups is 1. The van der Waals surface area contributed by atoms with Crippen LogP contribution in [0.4, 0.5) is 4.39 Å². The molecule has 2 aliphatic rings. The summed E-state index contributed by atoms with van der Waals surface area (Å²) in [5, 5.41) is 4.16. The highest BCUT2D eigenvalue weighted by Gasteiger charge is 2.36. The standard InChI is InChI=1S/C15H23FN4O2/c1-18(14-3-4-22-15(14)21)10-13-5-12(16)9-20(13)8-11-6-17-19(2)7-11/h6-7,12-14H,3-5,8-10H2,1-2H3/t12-,13-,14?/m0/s1. The smallest absolute Gasteiger partial charge is 0.323 e. The Hall–Kier alpha value is -1.47. The average Bonchev–Trinajstić information content (AvgIpc) is 3.13. The van der Waals surface area contributed by atoms with E-state index in [2.05, 4.69) is 10.00 Å². The molecule has 2 fully saturated rings. The Balaban J connectivity index is 1.61. The summed E-state index contributed by atoms with van der Waals surface area (Å²) in [5.41, 5.74) is 1.09. The summed E-state index contributed by atoms with van der Waals surface area (Å²) < 4.78 is 20.6. The van der Waals surface area contributed by atoms with E-state index in [9.17, 15) is 9.18 Å². The van der Waals surface area contributed by atoms with Gasteiger partial charge >= 0.3 is 5.97 Å². The molecule has 1 aromatic rings. The fourth-order valence-corrected chi connectivity index (χ4v) is 3.44. The number of halogens is 1. The molecule has 7 heteroatoms. The molecule has 0 spiro atoms. The normalized spacial score (nSPS) is 29.5. The molecule has 2 saturated heterocycles. The zero-order valence-electron chi connectivity index (χ0n) is 13.1. The van der Waals surface area contributed by atoms with Crippen molar-refractivity contribution in [3.63, 3.8) is 0 Å². The zero-order chi connectivity index (χ0) is 15.7. The number of hydrogen-bond donors (Lipinski definition) is 0. The Morgan fingerprint density at radius 3 is 3.00 bits per heavy atom. The van der Waals surface area contributed by atoms with Gasteiger partial charge in [-0.2, -0.15) is 5.10 Å². The van der Waals surface area contributed by atoms with Crippen molar-refractivity contribution in [2.45, 2.75) is 37.6 Å². The number of likely N-dealkylation sites (tertiary alicyclic amines) is 1. The van der Waals surface area contributed by atoms with E-state index in [1.807, 2.05) is 31.4 Å². The number of carbonyl (C=O) groups excluding carboxylic acids is 1. The van der Waals surface area contributed by atoms with Crippen molar-refractivity contribution in [2.24, 2.45) is 7.05 Å². The monoisotopic (exact) mass is 310 g/mol. The first kappa shape index (κ1) is 15.4. The number of hydrogen-bond acceptors (Lipinski definition) is 5. The van der Waals surface area contributed by atoms with Crippen LogP contribution in [0.5, 0.6) is 0 Å². The summed E-state index contributed by atoms with van der Waals surface area (Å²) in [4.78, 5) is 15.8. The van der Waals surface area contributed by atoms with Crippen LogP contribution in [0.2, 0.25) is 0 Å². The molecule has 0 aromatic carbocycles. The van der Waals surface area contributed by atoms with E-state index in [1.54, 1.807) is 4.68 Å². The van der Waals surface area contributed by atoms with Gasteiger partial charge in [0.1, 0.15) is 12.2 Å². The zero-order valence-corrected chi connectivity index (χ0v) is 13.1. The van der Waals surface area contributed by atoms with Gasteiger partial charge in [0.05, 0.1) is 12.8 Å². The van der Waals surface area contributed by atoms with Crippen molar-refractivity contribution < 1.29 is 13.9 Å². The third-order valence-corrected chi connectivity index (χ3v) is 4.56. The minimum atomic E-state index is -0.800. The van der Waals surface area contributed by atoms with Crippen LogP contribution >= 0.6 is 0 Å². The Kier molecular flexibility index (Phi) is 4.44. The molecule has 3 rings (SSSR count). The topological polar surface area (TPSA) is 50.6 Å². The SMILES string of the molecule is CN(C[C@@H]1C[C@H](F)CN1Cc1cnn(C)c1)C1CCOC1=O. The maximum absolute atomic E-state index is 13.9. The van der Waals surface area contributed by atoms with E-state index in [-0.39, 0.29) is 18.1 Å². The molecule has 6 nitrogen and oxygen atoms in total. The van der Waals surface area contributed by atoms with Gasteiger partial charge in [-0.25, -0.2) is 4.39 Å². The van der Waals surface area contributed by atoms with Gasteiger partial charge < -0.3 is 4.74 Å². The summed E-state index contributed by atoms with van der Waals surface area (Å²) in [5.74, 6) is -0.156. The van der Waals surface area contributed by atoms with Gasteiger partial charge in [0.15, 0.2) is 0 Å². The number of aryl methyl sites for hydroxylation is 1. The van der Waals surface area contributed by atoms with Gasteiger partial charge in [-0.3, -0.25) is 19.3 Å². The molecule has 3 atom stereocenters. The highest BCUT2D eigenvalue weighted by Crippen LogP contribution is 2.24. The molecule has 22 heavy (non-hydrogen) atoms. The predicted octanol–water partition coefficient (Wildman–Crippen LogP) is 0.580. The summed E-state index contributed by atoms with van der Waals surface area (Å²) in [7, 11) is 3.80. The highest BCUT2D eigenvalue weighted by molar-refractivity contribution is 5.77. The van der Waals surface area contributed by atoms with Crippen LogP contribution in [0, 0.1) is 0 Å². The quantitative estimate of drug-likeness (QED) is 0.745. The van der Waals surface area contributed by atoms with Gasteiger partial charge in [-0.05, 0) is 13.5 Å². The Bertz CT molecular complexity index is 535. The summed E-state index contributed by atoms with van der Waals surface area (Å²) >= 11 is 0. The molecule has 0 bridgehead atoms.